The van der Waals surface area contributed by atoms with Crippen LogP contribution in [0.1, 0.15) is 49.5 Å². The summed E-state index contributed by atoms with van der Waals surface area (Å²) in [7, 11) is 1.32. The quantitative estimate of drug-likeness (QED) is 0.493. The number of H-pyrrole nitrogens is 1. The fourth-order valence-electron chi connectivity index (χ4n) is 3.20. The molecule has 2 heterocycles. The van der Waals surface area contributed by atoms with Crippen molar-refractivity contribution in [3.8, 4) is 0 Å². The molecule has 2 aromatic heterocycles. The van der Waals surface area contributed by atoms with Gasteiger partial charge < -0.3 is 14.1 Å². The summed E-state index contributed by atoms with van der Waals surface area (Å²) in [6.45, 7) is 3.57. The maximum absolute atomic E-state index is 12.8. The molecule has 0 radical (unpaired) electrons. The summed E-state index contributed by atoms with van der Waals surface area (Å²) < 4.78 is 10.3. The first-order valence-electron chi connectivity index (χ1n) is 8.65. The predicted octanol–water partition coefficient (Wildman–Crippen LogP) is 3.57. The lowest BCUT2D eigenvalue weighted by Crippen LogP contribution is -2.28. The van der Waals surface area contributed by atoms with Crippen LogP contribution in [-0.4, -0.2) is 30.4 Å². The Bertz CT molecular complexity index is 927. The molecule has 0 bridgehead atoms. The van der Waals surface area contributed by atoms with Gasteiger partial charge >= 0.3 is 5.97 Å². The minimum atomic E-state index is -0.453. The minimum Gasteiger partial charge on any atom is -0.467 e. The molecule has 0 aliphatic heterocycles. The van der Waals surface area contributed by atoms with Crippen molar-refractivity contribution in [1.82, 2.24) is 10.3 Å². The Morgan fingerprint density at radius 3 is 2.52 bits per heavy atom. The molecular formula is C21H22N2O4. The van der Waals surface area contributed by atoms with Crippen LogP contribution in [0.25, 0.3) is 0 Å². The van der Waals surface area contributed by atoms with Gasteiger partial charge in [-0.3, -0.25) is 10.1 Å². The van der Waals surface area contributed by atoms with Gasteiger partial charge in [-0.15, -0.1) is 0 Å². The highest BCUT2D eigenvalue weighted by Gasteiger charge is 2.24. The Morgan fingerprint density at radius 2 is 1.89 bits per heavy atom. The largest absolute Gasteiger partial charge is 0.467 e. The zero-order valence-electron chi connectivity index (χ0n) is 15.5. The topological polar surface area (TPSA) is 84.3 Å². The van der Waals surface area contributed by atoms with Crippen molar-refractivity contribution in [3.05, 3.63) is 82.6 Å². The number of nitrogens with one attached hydrogen (secondary N) is 2. The smallest absolute Gasteiger partial charge is 0.339 e. The number of benzene rings is 1. The average molecular weight is 366 g/mol. The number of hydrogen-bond donors (Lipinski definition) is 2. The Morgan fingerprint density at radius 1 is 1.15 bits per heavy atom. The molecule has 0 aliphatic carbocycles. The molecule has 0 saturated carbocycles. The third-order valence-electron chi connectivity index (χ3n) is 4.53. The third kappa shape index (κ3) is 3.85. The zero-order valence-corrected chi connectivity index (χ0v) is 15.5. The number of Topliss-reactive ketones (excluding diaryl/α,β-unsaturated/α-hetero) is 1. The minimum absolute atomic E-state index is 0.0850. The second-order valence-corrected chi connectivity index (χ2v) is 6.28. The van der Waals surface area contributed by atoms with Gasteiger partial charge in [-0.2, -0.15) is 0 Å². The van der Waals surface area contributed by atoms with Crippen molar-refractivity contribution in [1.29, 1.82) is 0 Å². The van der Waals surface area contributed by atoms with Crippen LogP contribution in [0.15, 0.2) is 53.1 Å². The number of aryl methyl sites for hydroxylation is 1. The van der Waals surface area contributed by atoms with E-state index in [9.17, 15) is 9.59 Å². The van der Waals surface area contributed by atoms with Gasteiger partial charge in [-0.25, -0.2) is 4.79 Å². The van der Waals surface area contributed by atoms with E-state index in [0.717, 1.165) is 11.3 Å². The molecule has 0 aliphatic rings. The van der Waals surface area contributed by atoms with E-state index in [1.165, 1.54) is 7.11 Å². The molecule has 6 heteroatoms. The molecular weight excluding hydrogens is 344 g/mol. The van der Waals surface area contributed by atoms with Crippen molar-refractivity contribution in [3.63, 3.8) is 0 Å². The Balaban J connectivity index is 1.80. The number of aromatic amines is 1. The molecule has 0 fully saturated rings. The van der Waals surface area contributed by atoms with Crippen LogP contribution in [0.4, 0.5) is 0 Å². The maximum Gasteiger partial charge on any atom is 0.339 e. The van der Waals surface area contributed by atoms with Gasteiger partial charge in [0.05, 0.1) is 37.2 Å². The van der Waals surface area contributed by atoms with Gasteiger partial charge in [0.25, 0.3) is 0 Å². The number of ether oxygens (including phenoxy) is 1. The van der Waals surface area contributed by atoms with Crippen molar-refractivity contribution in [2.45, 2.75) is 19.9 Å². The van der Waals surface area contributed by atoms with Crippen LogP contribution in [0.3, 0.4) is 0 Å². The lowest BCUT2D eigenvalue weighted by Gasteiger charge is -2.16. The SMILES string of the molecule is COC(=O)c1c(C)[nH]c(C(=O)CN[C@@H](c2ccccc2)c2ccco2)c1C. The highest BCUT2D eigenvalue weighted by Crippen LogP contribution is 2.23. The zero-order chi connectivity index (χ0) is 19.4. The molecule has 0 spiro atoms. The van der Waals surface area contributed by atoms with Gasteiger partial charge in [0.2, 0.25) is 0 Å². The molecule has 0 saturated heterocycles. The maximum atomic E-state index is 12.8. The summed E-state index contributed by atoms with van der Waals surface area (Å²) in [6, 6.07) is 13.2. The normalized spacial score (nSPS) is 12.0. The van der Waals surface area contributed by atoms with E-state index < -0.39 is 5.97 Å². The number of hydrogen-bond acceptors (Lipinski definition) is 5. The van der Waals surface area contributed by atoms with Crippen LogP contribution >= 0.6 is 0 Å². The molecule has 3 rings (SSSR count). The van der Waals surface area contributed by atoms with Crippen LogP contribution in [0.5, 0.6) is 0 Å². The summed E-state index contributed by atoms with van der Waals surface area (Å²) in [5.74, 6) is 0.132. The second kappa shape index (κ2) is 8.05. The van der Waals surface area contributed by atoms with E-state index in [-0.39, 0.29) is 18.4 Å². The monoisotopic (exact) mass is 366 g/mol. The van der Waals surface area contributed by atoms with E-state index >= 15 is 0 Å². The fraction of sp³-hybridized carbons (Fsp3) is 0.238. The van der Waals surface area contributed by atoms with Gasteiger partial charge in [0.15, 0.2) is 5.78 Å². The van der Waals surface area contributed by atoms with Crippen LogP contribution in [0.2, 0.25) is 0 Å². The second-order valence-electron chi connectivity index (χ2n) is 6.28. The molecule has 2 N–H and O–H groups in total. The number of ketones is 1. The van der Waals surface area contributed by atoms with E-state index in [0.29, 0.717) is 22.5 Å². The summed E-state index contributed by atoms with van der Waals surface area (Å²) in [5.41, 5.74) is 3.03. The van der Waals surface area contributed by atoms with Crippen molar-refractivity contribution in [2.75, 3.05) is 13.7 Å². The van der Waals surface area contributed by atoms with Crippen LogP contribution in [0, 0.1) is 13.8 Å². The van der Waals surface area contributed by atoms with Gasteiger partial charge in [0, 0.05) is 5.69 Å². The van der Waals surface area contributed by atoms with Crippen molar-refractivity contribution >= 4 is 11.8 Å². The lowest BCUT2D eigenvalue weighted by molar-refractivity contribution is 0.0599. The summed E-state index contributed by atoms with van der Waals surface area (Å²) in [5, 5.41) is 3.26. The highest BCUT2D eigenvalue weighted by molar-refractivity contribution is 6.02. The number of furan rings is 1. The average Bonchev–Trinajstić information content (AvgIpc) is 3.30. The number of methoxy groups -OCH3 is 1. The molecule has 0 amide bonds. The highest BCUT2D eigenvalue weighted by atomic mass is 16.5. The molecule has 3 aromatic rings. The molecule has 6 nitrogen and oxygen atoms in total. The summed E-state index contributed by atoms with van der Waals surface area (Å²) >= 11 is 0. The fourth-order valence-corrected chi connectivity index (χ4v) is 3.20. The Labute approximate surface area is 157 Å². The number of esters is 1. The standard InChI is InChI=1S/C21H22N2O4/c1-13-18(21(25)26-3)14(2)23-19(13)16(24)12-22-20(17-10-7-11-27-17)15-8-5-4-6-9-15/h4-11,20,22-23H,12H2,1-3H3/t20-/m0/s1. The number of aromatic nitrogens is 1. The third-order valence-corrected chi connectivity index (χ3v) is 4.53. The van der Waals surface area contributed by atoms with Gasteiger partial charge in [-0.1, -0.05) is 30.3 Å². The van der Waals surface area contributed by atoms with Crippen LogP contribution < -0.4 is 5.32 Å². The number of carbonyl (C=O) groups is 2. The van der Waals surface area contributed by atoms with Gasteiger partial charge in [-0.05, 0) is 37.1 Å². The van der Waals surface area contributed by atoms with E-state index in [2.05, 4.69) is 10.3 Å². The molecule has 27 heavy (non-hydrogen) atoms. The first-order chi connectivity index (χ1) is 13.0. The molecule has 1 aromatic carbocycles. The molecule has 0 unspecified atom stereocenters. The first-order valence-corrected chi connectivity index (χ1v) is 8.65. The van der Waals surface area contributed by atoms with E-state index in [1.54, 1.807) is 20.1 Å². The Hall–Kier alpha value is -3.12. The first kappa shape index (κ1) is 18.7. The van der Waals surface area contributed by atoms with Gasteiger partial charge in [0.1, 0.15) is 5.76 Å². The molecule has 140 valence electrons. The van der Waals surface area contributed by atoms with E-state index in [4.69, 9.17) is 9.15 Å². The number of carbonyl (C=O) groups excluding carboxylic acids is 2. The summed E-state index contributed by atoms with van der Waals surface area (Å²) in [6.07, 6.45) is 1.61. The predicted molar refractivity (Wildman–Crippen MR) is 101 cm³/mol. The van der Waals surface area contributed by atoms with Crippen LogP contribution in [-0.2, 0) is 4.74 Å². The van der Waals surface area contributed by atoms with Crippen molar-refractivity contribution < 1.29 is 18.7 Å². The molecule has 1 atom stereocenters. The lowest BCUT2D eigenvalue weighted by atomic mass is 10.0. The van der Waals surface area contributed by atoms with Crippen molar-refractivity contribution in [2.24, 2.45) is 0 Å². The van der Waals surface area contributed by atoms with E-state index in [1.807, 2.05) is 42.5 Å². The summed E-state index contributed by atoms with van der Waals surface area (Å²) in [4.78, 5) is 27.7. The number of rotatable bonds is 7. The Kier molecular flexibility index (Phi) is 5.57.